The summed E-state index contributed by atoms with van der Waals surface area (Å²) in [7, 11) is 0. The number of fused-ring (bicyclic) bond motifs is 1. The number of rotatable bonds is 4. The van der Waals surface area contributed by atoms with Gasteiger partial charge in [-0.3, -0.25) is 9.59 Å². The van der Waals surface area contributed by atoms with Crippen LogP contribution in [0.5, 0.6) is 0 Å². The van der Waals surface area contributed by atoms with Gasteiger partial charge in [-0.15, -0.1) is 0 Å². The number of amides is 2. The van der Waals surface area contributed by atoms with Gasteiger partial charge in [0, 0.05) is 17.8 Å². The summed E-state index contributed by atoms with van der Waals surface area (Å²) in [4.78, 5) is 22.9. The van der Waals surface area contributed by atoms with Gasteiger partial charge in [-0.2, -0.15) is 0 Å². The Morgan fingerprint density at radius 2 is 2.28 bits per heavy atom. The molecule has 96 valence electrons. The second kappa shape index (κ2) is 5.16. The van der Waals surface area contributed by atoms with Crippen LogP contribution >= 0.6 is 0 Å². The zero-order valence-electron chi connectivity index (χ0n) is 9.64. The van der Waals surface area contributed by atoms with E-state index in [4.69, 9.17) is 10.2 Å². The predicted octanol–water partition coefficient (Wildman–Crippen LogP) is -0.736. The van der Waals surface area contributed by atoms with E-state index < -0.39 is 12.7 Å². The fourth-order valence-corrected chi connectivity index (χ4v) is 1.75. The van der Waals surface area contributed by atoms with Crippen molar-refractivity contribution >= 4 is 17.5 Å². The molecule has 1 aromatic carbocycles. The van der Waals surface area contributed by atoms with Crippen LogP contribution in [0.4, 0.5) is 5.69 Å². The van der Waals surface area contributed by atoms with Crippen LogP contribution in [0.1, 0.15) is 15.9 Å². The van der Waals surface area contributed by atoms with Crippen LogP contribution in [-0.2, 0) is 11.2 Å². The lowest BCUT2D eigenvalue weighted by Crippen LogP contribution is -2.33. The van der Waals surface area contributed by atoms with Crippen LogP contribution in [0.15, 0.2) is 18.2 Å². The van der Waals surface area contributed by atoms with Crippen LogP contribution in [0.2, 0.25) is 0 Å². The average molecular weight is 250 g/mol. The van der Waals surface area contributed by atoms with Crippen LogP contribution < -0.4 is 10.6 Å². The van der Waals surface area contributed by atoms with E-state index >= 15 is 0 Å². The van der Waals surface area contributed by atoms with E-state index in [2.05, 4.69) is 10.6 Å². The standard InChI is InChI=1S/C12H14N2O4/c15-6-9(16)5-13-12(18)7-1-2-10-8(3-7)4-11(17)14-10/h1-3,9,15-16H,4-6H2,(H,13,18)(H,14,17). The highest BCUT2D eigenvalue weighted by Gasteiger charge is 2.19. The first kappa shape index (κ1) is 12.5. The molecule has 18 heavy (non-hydrogen) atoms. The van der Waals surface area contributed by atoms with Gasteiger partial charge in [0.25, 0.3) is 5.91 Å². The van der Waals surface area contributed by atoms with Gasteiger partial charge in [0.05, 0.1) is 19.1 Å². The Labute approximate surface area is 104 Å². The highest BCUT2D eigenvalue weighted by atomic mass is 16.3. The molecule has 1 aliphatic rings. The number of nitrogens with one attached hydrogen (secondary N) is 2. The van der Waals surface area contributed by atoms with Gasteiger partial charge < -0.3 is 20.8 Å². The average Bonchev–Trinajstić information content (AvgIpc) is 2.74. The molecule has 0 aliphatic carbocycles. The monoisotopic (exact) mass is 250 g/mol. The Balaban J connectivity index is 2.04. The zero-order valence-corrected chi connectivity index (χ0v) is 9.64. The van der Waals surface area contributed by atoms with Crippen molar-refractivity contribution in [3.8, 4) is 0 Å². The SMILES string of the molecule is O=C1Cc2cc(C(=O)NCC(O)CO)ccc2N1. The molecule has 1 atom stereocenters. The van der Waals surface area contributed by atoms with Gasteiger partial charge in [-0.05, 0) is 23.8 Å². The van der Waals surface area contributed by atoms with Crippen molar-refractivity contribution in [1.29, 1.82) is 0 Å². The number of benzene rings is 1. The molecule has 0 bridgehead atoms. The van der Waals surface area contributed by atoms with Gasteiger partial charge in [-0.1, -0.05) is 0 Å². The van der Waals surface area contributed by atoms with Gasteiger partial charge in [0.1, 0.15) is 0 Å². The first-order valence-electron chi connectivity index (χ1n) is 5.60. The highest BCUT2D eigenvalue weighted by Crippen LogP contribution is 2.23. The lowest BCUT2D eigenvalue weighted by molar-refractivity contribution is -0.115. The minimum atomic E-state index is -0.966. The summed E-state index contributed by atoms with van der Waals surface area (Å²) in [5.74, 6) is -0.428. The third-order valence-electron chi connectivity index (χ3n) is 2.70. The zero-order chi connectivity index (χ0) is 13.1. The summed E-state index contributed by atoms with van der Waals surface area (Å²) < 4.78 is 0. The molecular formula is C12H14N2O4. The largest absolute Gasteiger partial charge is 0.394 e. The van der Waals surface area contributed by atoms with E-state index in [1.165, 1.54) is 0 Å². The van der Waals surface area contributed by atoms with Crippen molar-refractivity contribution in [2.24, 2.45) is 0 Å². The van der Waals surface area contributed by atoms with Crippen molar-refractivity contribution in [2.75, 3.05) is 18.5 Å². The number of hydrogen-bond acceptors (Lipinski definition) is 4. The van der Waals surface area contributed by atoms with Gasteiger partial charge in [0.2, 0.25) is 5.91 Å². The number of hydrogen-bond donors (Lipinski definition) is 4. The van der Waals surface area contributed by atoms with E-state index in [0.29, 0.717) is 5.56 Å². The minimum Gasteiger partial charge on any atom is -0.394 e. The first-order valence-corrected chi connectivity index (χ1v) is 5.60. The Morgan fingerprint density at radius 3 is 3.00 bits per heavy atom. The maximum atomic E-state index is 11.7. The smallest absolute Gasteiger partial charge is 0.251 e. The quantitative estimate of drug-likeness (QED) is 0.566. The number of anilines is 1. The van der Waals surface area contributed by atoms with Crippen LogP contribution in [-0.4, -0.2) is 41.3 Å². The topological polar surface area (TPSA) is 98.7 Å². The van der Waals surface area contributed by atoms with Crippen molar-refractivity contribution in [1.82, 2.24) is 5.32 Å². The lowest BCUT2D eigenvalue weighted by atomic mass is 10.1. The molecule has 0 fully saturated rings. The summed E-state index contributed by atoms with van der Waals surface area (Å²) in [6.07, 6.45) is -0.693. The van der Waals surface area contributed by atoms with Crippen LogP contribution in [0.3, 0.4) is 0 Å². The Hall–Kier alpha value is -1.92. The molecule has 1 aromatic rings. The molecule has 0 radical (unpaired) electrons. The third-order valence-corrected chi connectivity index (χ3v) is 2.70. The number of carbonyl (C=O) groups excluding carboxylic acids is 2. The van der Waals surface area contributed by atoms with Gasteiger partial charge in [0.15, 0.2) is 0 Å². The Bertz CT molecular complexity index is 487. The molecule has 2 amide bonds. The van der Waals surface area contributed by atoms with Crippen molar-refractivity contribution in [3.05, 3.63) is 29.3 Å². The Morgan fingerprint density at radius 1 is 1.50 bits per heavy atom. The molecule has 0 saturated heterocycles. The number of aliphatic hydroxyl groups is 2. The van der Waals surface area contributed by atoms with E-state index in [9.17, 15) is 9.59 Å². The summed E-state index contributed by atoms with van der Waals surface area (Å²) in [6.45, 7) is -0.410. The molecule has 4 N–H and O–H groups in total. The fraction of sp³-hybridized carbons (Fsp3) is 0.333. The molecule has 0 spiro atoms. The third kappa shape index (κ3) is 2.66. The maximum absolute atomic E-state index is 11.7. The number of aliphatic hydroxyl groups excluding tert-OH is 2. The molecular weight excluding hydrogens is 236 g/mol. The molecule has 0 aromatic heterocycles. The summed E-state index contributed by atoms with van der Waals surface area (Å²) >= 11 is 0. The first-order chi connectivity index (χ1) is 8.60. The van der Waals surface area contributed by atoms with E-state index in [-0.39, 0.29) is 24.8 Å². The second-order valence-electron chi connectivity index (χ2n) is 4.14. The fourth-order valence-electron chi connectivity index (χ4n) is 1.75. The summed E-state index contributed by atoms with van der Waals surface area (Å²) in [6, 6.07) is 4.93. The molecule has 2 rings (SSSR count). The van der Waals surface area contributed by atoms with E-state index in [0.717, 1.165) is 11.3 Å². The summed E-state index contributed by atoms with van der Waals surface area (Å²) in [5.41, 5.74) is 1.94. The molecule has 6 nitrogen and oxygen atoms in total. The summed E-state index contributed by atoms with van der Waals surface area (Å²) in [5, 5.41) is 22.9. The second-order valence-corrected chi connectivity index (χ2v) is 4.14. The van der Waals surface area contributed by atoms with Crippen LogP contribution in [0.25, 0.3) is 0 Å². The maximum Gasteiger partial charge on any atom is 0.251 e. The van der Waals surface area contributed by atoms with E-state index in [1.54, 1.807) is 18.2 Å². The molecule has 6 heteroatoms. The molecule has 0 saturated carbocycles. The molecule has 1 unspecified atom stereocenters. The molecule has 1 aliphatic heterocycles. The van der Waals surface area contributed by atoms with Gasteiger partial charge in [-0.25, -0.2) is 0 Å². The Kier molecular flexibility index (Phi) is 3.59. The van der Waals surface area contributed by atoms with Crippen molar-refractivity contribution < 1.29 is 19.8 Å². The number of carbonyl (C=O) groups is 2. The highest BCUT2D eigenvalue weighted by molar-refractivity contribution is 6.01. The normalized spacial score (nSPS) is 14.9. The lowest BCUT2D eigenvalue weighted by Gasteiger charge is -2.09. The van der Waals surface area contributed by atoms with Crippen molar-refractivity contribution in [2.45, 2.75) is 12.5 Å². The van der Waals surface area contributed by atoms with E-state index in [1.807, 2.05) is 0 Å². The van der Waals surface area contributed by atoms with Crippen molar-refractivity contribution in [3.63, 3.8) is 0 Å². The minimum absolute atomic E-state index is 0.0103. The van der Waals surface area contributed by atoms with Crippen LogP contribution in [0, 0.1) is 0 Å². The predicted molar refractivity (Wildman–Crippen MR) is 64.2 cm³/mol. The van der Waals surface area contributed by atoms with Gasteiger partial charge >= 0.3 is 0 Å². The molecule has 1 heterocycles.